The zero-order valence-corrected chi connectivity index (χ0v) is 32.9. The highest BCUT2D eigenvalue weighted by Gasteiger charge is 2.49. The summed E-state index contributed by atoms with van der Waals surface area (Å²) in [5, 5.41) is 9.95. The van der Waals surface area contributed by atoms with E-state index in [-0.39, 0.29) is 93.4 Å². The first kappa shape index (κ1) is 40.2. The van der Waals surface area contributed by atoms with Crippen molar-refractivity contribution >= 4 is 22.5 Å². The molecule has 2 atom stereocenters. The second-order valence-corrected chi connectivity index (χ2v) is 15.1. The molecule has 0 aliphatic carbocycles. The van der Waals surface area contributed by atoms with Crippen molar-refractivity contribution in [3.63, 3.8) is 0 Å². The van der Waals surface area contributed by atoms with Gasteiger partial charge in [-0.3, -0.25) is 4.90 Å². The van der Waals surface area contributed by atoms with E-state index in [9.17, 15) is 9.50 Å². The summed E-state index contributed by atoms with van der Waals surface area (Å²) < 4.78 is 100. The lowest BCUT2D eigenvalue weighted by Gasteiger charge is -2.31. The zero-order valence-electron chi connectivity index (χ0n) is 32.9. The van der Waals surface area contributed by atoms with Crippen molar-refractivity contribution in [1.82, 2.24) is 24.8 Å². The van der Waals surface area contributed by atoms with Gasteiger partial charge in [0.1, 0.15) is 59.1 Å². The fourth-order valence-corrected chi connectivity index (χ4v) is 8.51. The van der Waals surface area contributed by atoms with Crippen molar-refractivity contribution in [1.29, 1.82) is 0 Å². The Morgan fingerprint density at radius 3 is 2.25 bits per heavy atom. The lowest BCUT2D eigenvalue weighted by atomic mass is 9.95. The van der Waals surface area contributed by atoms with Gasteiger partial charge in [-0.25, -0.2) is 18.7 Å². The van der Waals surface area contributed by atoms with Crippen LogP contribution in [0.2, 0.25) is 0 Å². The molecule has 0 spiro atoms. The number of fused-ring (bicyclic) bond motifs is 1. The molecular formula is C42H44F5N7O5. The molecule has 1 N–H and O–H groups in total. The van der Waals surface area contributed by atoms with E-state index in [1.165, 1.54) is 13.0 Å². The van der Waals surface area contributed by atoms with Crippen LogP contribution in [0.3, 0.4) is 0 Å². The van der Waals surface area contributed by atoms with E-state index in [1.54, 1.807) is 48.3 Å². The maximum atomic E-state index is 17.4. The lowest BCUT2D eigenvalue weighted by Crippen LogP contribution is -2.43. The molecule has 2 fully saturated rings. The standard InChI is InChI=1S/C42H44F5N7O5/c1-25-34(42(45,46)47)31(19-32(48-25)53(21-26-5-9-29(56-2)10-6-26)22-27-7-11-30(57-3)12-8-27)36-35(44)37-33-38(52(15-17-55)16-18-58-39(33)49-36)51-40(50-37)59-24-41-13-4-14-54(41)23-28(43)20-41/h5-12,19,28,55H,4,13-18,20-24H2,1-3H3/t28-,41+/m1/s1. The number of ether oxygens (including phenoxy) is 4. The largest absolute Gasteiger partial charge is 0.497 e. The molecule has 3 aromatic heterocycles. The predicted molar refractivity (Wildman–Crippen MR) is 209 cm³/mol. The minimum Gasteiger partial charge on any atom is -0.497 e. The van der Waals surface area contributed by atoms with Crippen molar-refractivity contribution in [2.24, 2.45) is 0 Å². The van der Waals surface area contributed by atoms with Crippen LogP contribution in [0, 0.1) is 12.7 Å². The number of methoxy groups -OCH3 is 2. The second-order valence-electron chi connectivity index (χ2n) is 15.1. The first-order valence-electron chi connectivity index (χ1n) is 19.4. The minimum atomic E-state index is -4.97. The number of alkyl halides is 4. The van der Waals surface area contributed by atoms with E-state index in [1.807, 2.05) is 24.3 Å². The van der Waals surface area contributed by atoms with Gasteiger partial charge in [-0.1, -0.05) is 24.3 Å². The average Bonchev–Trinajstić information content (AvgIpc) is 3.69. The average molecular weight is 822 g/mol. The third-order valence-corrected chi connectivity index (χ3v) is 11.3. The summed E-state index contributed by atoms with van der Waals surface area (Å²) in [6.45, 7) is 2.70. The highest BCUT2D eigenvalue weighted by Crippen LogP contribution is 2.45. The van der Waals surface area contributed by atoms with Gasteiger partial charge < -0.3 is 33.9 Å². The normalized spacial score (nSPS) is 19.1. The van der Waals surface area contributed by atoms with Gasteiger partial charge in [-0.2, -0.15) is 23.1 Å². The van der Waals surface area contributed by atoms with Gasteiger partial charge in [0.2, 0.25) is 5.88 Å². The Bertz CT molecular complexity index is 2270. The summed E-state index contributed by atoms with van der Waals surface area (Å²) in [6, 6.07) is 15.5. The number of β-amino-alcohol motifs (C(OH)–C–C–N with tert-alkyl or cyclic N) is 1. The van der Waals surface area contributed by atoms with Crippen molar-refractivity contribution in [2.75, 3.05) is 70.0 Å². The minimum absolute atomic E-state index is 0.0000659. The lowest BCUT2D eigenvalue weighted by molar-refractivity contribution is -0.137. The molecule has 2 aromatic carbocycles. The fraction of sp³-hybridized carbons (Fsp3) is 0.429. The van der Waals surface area contributed by atoms with E-state index in [2.05, 4.69) is 24.8 Å². The first-order chi connectivity index (χ1) is 28.4. The second kappa shape index (κ2) is 16.2. The van der Waals surface area contributed by atoms with Crippen molar-refractivity contribution in [3.05, 3.63) is 82.8 Å². The number of hydrogen-bond acceptors (Lipinski definition) is 12. The van der Waals surface area contributed by atoms with Crippen LogP contribution in [-0.2, 0) is 19.3 Å². The number of rotatable bonds is 13. The third kappa shape index (κ3) is 7.97. The van der Waals surface area contributed by atoms with Gasteiger partial charge in [-0.05, 0) is 67.8 Å². The van der Waals surface area contributed by atoms with Crippen LogP contribution in [-0.4, -0.2) is 102 Å². The Morgan fingerprint density at radius 2 is 1.63 bits per heavy atom. The molecule has 0 amide bonds. The monoisotopic (exact) mass is 821 g/mol. The highest BCUT2D eigenvalue weighted by atomic mass is 19.4. The maximum absolute atomic E-state index is 17.4. The first-order valence-corrected chi connectivity index (χ1v) is 19.4. The van der Waals surface area contributed by atoms with Crippen LogP contribution < -0.4 is 28.7 Å². The molecule has 59 heavy (non-hydrogen) atoms. The number of aliphatic hydroxyl groups excluding tert-OH is 1. The van der Waals surface area contributed by atoms with Crippen molar-refractivity contribution in [2.45, 2.75) is 57.2 Å². The molecule has 0 radical (unpaired) electrons. The summed E-state index contributed by atoms with van der Waals surface area (Å²) in [5.74, 6) is 0.215. The van der Waals surface area contributed by atoms with E-state index < -0.39 is 46.2 Å². The van der Waals surface area contributed by atoms with E-state index in [0.29, 0.717) is 17.9 Å². The molecule has 3 aliphatic heterocycles. The van der Waals surface area contributed by atoms with Gasteiger partial charge in [-0.15, -0.1) is 0 Å². The van der Waals surface area contributed by atoms with Crippen LogP contribution in [0.5, 0.6) is 23.4 Å². The van der Waals surface area contributed by atoms with Crippen LogP contribution in [0.15, 0.2) is 54.6 Å². The van der Waals surface area contributed by atoms with Crippen molar-refractivity contribution in [3.8, 4) is 34.6 Å². The zero-order chi connectivity index (χ0) is 41.5. The molecule has 5 aromatic rings. The summed E-state index contributed by atoms with van der Waals surface area (Å²) >= 11 is 0. The Labute approximate surface area is 337 Å². The highest BCUT2D eigenvalue weighted by molar-refractivity contribution is 5.97. The molecule has 6 heterocycles. The molecule has 0 unspecified atom stereocenters. The number of hydrogen-bond donors (Lipinski definition) is 1. The number of pyridine rings is 2. The number of aromatic nitrogens is 4. The molecule has 2 saturated heterocycles. The number of aliphatic hydroxyl groups is 1. The van der Waals surface area contributed by atoms with E-state index >= 15 is 17.6 Å². The van der Waals surface area contributed by atoms with Crippen LogP contribution in [0.1, 0.15) is 41.6 Å². The van der Waals surface area contributed by atoms with Gasteiger partial charge in [0, 0.05) is 38.2 Å². The SMILES string of the molecule is COc1ccc(CN(Cc2ccc(OC)cc2)c2cc(-c3nc4c5c(nc(OC[C@@]67CCCN6C[C@H](F)C7)nc5c3F)N(CCO)CCO4)c(C(F)(F)F)c(C)n2)cc1. The Morgan fingerprint density at radius 1 is 0.949 bits per heavy atom. The summed E-state index contributed by atoms with van der Waals surface area (Å²) in [6.07, 6.45) is -4.16. The third-order valence-electron chi connectivity index (χ3n) is 11.3. The van der Waals surface area contributed by atoms with Gasteiger partial charge in [0.25, 0.3) is 0 Å². The topological polar surface area (TPSA) is 118 Å². The molecule has 17 heteroatoms. The summed E-state index contributed by atoms with van der Waals surface area (Å²) in [4.78, 5) is 23.5. The summed E-state index contributed by atoms with van der Waals surface area (Å²) in [5.41, 5.74) is -2.10. The molecule has 3 aliphatic rings. The van der Waals surface area contributed by atoms with Crippen LogP contribution in [0.25, 0.3) is 22.2 Å². The number of halogens is 5. The summed E-state index contributed by atoms with van der Waals surface area (Å²) in [7, 11) is 3.10. The van der Waals surface area contributed by atoms with Gasteiger partial charge >= 0.3 is 12.2 Å². The Kier molecular flexibility index (Phi) is 11.1. The number of benzene rings is 2. The molecule has 0 saturated carbocycles. The van der Waals surface area contributed by atoms with E-state index in [0.717, 1.165) is 24.1 Å². The molecule has 12 nitrogen and oxygen atoms in total. The smallest absolute Gasteiger partial charge is 0.418 e. The fourth-order valence-electron chi connectivity index (χ4n) is 8.51. The number of aryl methyl sites for hydroxylation is 1. The van der Waals surface area contributed by atoms with Gasteiger partial charge in [0.05, 0.1) is 44.2 Å². The van der Waals surface area contributed by atoms with Crippen molar-refractivity contribution < 1.29 is 46.0 Å². The Balaban J connectivity index is 1.28. The maximum Gasteiger partial charge on any atom is 0.418 e. The molecular weight excluding hydrogens is 777 g/mol. The Hall–Kier alpha value is -5.55. The number of nitrogens with zero attached hydrogens (tertiary/aromatic N) is 7. The van der Waals surface area contributed by atoms with E-state index in [4.69, 9.17) is 18.9 Å². The molecule has 312 valence electrons. The number of anilines is 2. The molecule has 8 rings (SSSR count). The van der Waals surface area contributed by atoms with Crippen LogP contribution >= 0.6 is 0 Å². The van der Waals surface area contributed by atoms with Crippen LogP contribution in [0.4, 0.5) is 33.6 Å². The predicted octanol–water partition coefficient (Wildman–Crippen LogP) is 6.92. The molecule has 0 bridgehead atoms. The quantitative estimate of drug-likeness (QED) is 0.124. The van der Waals surface area contributed by atoms with Gasteiger partial charge in [0.15, 0.2) is 5.82 Å².